The van der Waals surface area contributed by atoms with E-state index in [4.69, 9.17) is 16.3 Å². The van der Waals surface area contributed by atoms with Gasteiger partial charge in [-0.05, 0) is 31.2 Å². The van der Waals surface area contributed by atoms with Crippen LogP contribution in [0.15, 0.2) is 30.3 Å². The van der Waals surface area contributed by atoms with E-state index in [1.807, 2.05) is 13.0 Å². The fourth-order valence-electron chi connectivity index (χ4n) is 2.08. The first-order valence-corrected chi connectivity index (χ1v) is 7.07. The first-order valence-electron chi connectivity index (χ1n) is 6.69. The number of nitrogens with zero attached hydrogens (tertiary/aromatic N) is 2. The van der Waals surface area contributed by atoms with E-state index in [2.05, 4.69) is 15.5 Å². The largest absolute Gasteiger partial charge is 0.480 e. The van der Waals surface area contributed by atoms with Crippen LogP contribution in [0.2, 0.25) is 5.02 Å². The SMILES string of the molecule is CCNC(Cc1c(F)cccc1Cl)c1ccc(OC)nn1. The Kier molecular flexibility index (Phi) is 5.47. The van der Waals surface area contributed by atoms with Crippen LogP contribution in [0.5, 0.6) is 5.88 Å². The van der Waals surface area contributed by atoms with Crippen molar-refractivity contribution in [2.24, 2.45) is 0 Å². The maximum absolute atomic E-state index is 13.9. The molecule has 0 aliphatic rings. The second-order valence-electron chi connectivity index (χ2n) is 4.52. The van der Waals surface area contributed by atoms with E-state index in [0.717, 1.165) is 12.2 Å². The van der Waals surface area contributed by atoms with Crippen molar-refractivity contribution in [2.75, 3.05) is 13.7 Å². The minimum Gasteiger partial charge on any atom is -0.480 e. The van der Waals surface area contributed by atoms with E-state index in [1.165, 1.54) is 13.2 Å². The van der Waals surface area contributed by atoms with Crippen molar-refractivity contribution in [3.63, 3.8) is 0 Å². The number of ether oxygens (including phenoxy) is 1. The lowest BCUT2D eigenvalue weighted by Crippen LogP contribution is -2.24. The molecule has 0 fully saturated rings. The molecule has 6 heteroatoms. The highest BCUT2D eigenvalue weighted by Gasteiger charge is 2.17. The molecule has 0 saturated heterocycles. The summed E-state index contributed by atoms with van der Waals surface area (Å²) in [6, 6.07) is 8.06. The smallest absolute Gasteiger partial charge is 0.233 e. The fourth-order valence-corrected chi connectivity index (χ4v) is 2.32. The van der Waals surface area contributed by atoms with Crippen molar-refractivity contribution in [3.8, 4) is 5.88 Å². The van der Waals surface area contributed by atoms with Gasteiger partial charge in [0.15, 0.2) is 0 Å². The van der Waals surface area contributed by atoms with Gasteiger partial charge in [-0.2, -0.15) is 5.10 Å². The summed E-state index contributed by atoms with van der Waals surface area (Å²) in [4.78, 5) is 0. The molecule has 0 aliphatic heterocycles. The van der Waals surface area contributed by atoms with Gasteiger partial charge in [0.1, 0.15) is 5.82 Å². The molecule has 1 N–H and O–H groups in total. The predicted octanol–water partition coefficient (Wildman–Crippen LogP) is 3.17. The molecule has 4 nitrogen and oxygen atoms in total. The van der Waals surface area contributed by atoms with Gasteiger partial charge in [-0.1, -0.05) is 24.6 Å². The first kappa shape index (κ1) is 15.7. The third-order valence-corrected chi connectivity index (χ3v) is 3.50. The zero-order valence-corrected chi connectivity index (χ0v) is 12.7. The van der Waals surface area contributed by atoms with Gasteiger partial charge >= 0.3 is 0 Å². The van der Waals surface area contributed by atoms with E-state index in [1.54, 1.807) is 18.2 Å². The van der Waals surface area contributed by atoms with Gasteiger partial charge in [0, 0.05) is 16.7 Å². The standard InChI is InChI=1S/C15H17ClFN3O/c1-3-18-14(13-7-8-15(21-2)20-19-13)9-10-11(16)5-4-6-12(10)17/h4-8,14,18H,3,9H2,1-2H3. The zero-order valence-electron chi connectivity index (χ0n) is 11.9. The summed E-state index contributed by atoms with van der Waals surface area (Å²) in [6.07, 6.45) is 0.403. The molecule has 0 radical (unpaired) electrons. The van der Waals surface area contributed by atoms with Crippen molar-refractivity contribution in [1.82, 2.24) is 15.5 Å². The van der Waals surface area contributed by atoms with Crippen LogP contribution in [0.3, 0.4) is 0 Å². The van der Waals surface area contributed by atoms with Gasteiger partial charge < -0.3 is 10.1 Å². The predicted molar refractivity (Wildman–Crippen MR) is 80.1 cm³/mol. The minimum atomic E-state index is -0.313. The van der Waals surface area contributed by atoms with Crippen molar-refractivity contribution in [3.05, 3.63) is 52.4 Å². The quantitative estimate of drug-likeness (QED) is 0.890. The van der Waals surface area contributed by atoms with E-state index < -0.39 is 0 Å². The molecule has 1 heterocycles. The van der Waals surface area contributed by atoms with Crippen molar-refractivity contribution < 1.29 is 9.13 Å². The molecule has 1 aromatic carbocycles. The molecule has 0 spiro atoms. The van der Waals surface area contributed by atoms with E-state index >= 15 is 0 Å². The Morgan fingerprint density at radius 2 is 2.10 bits per heavy atom. The third kappa shape index (κ3) is 3.89. The summed E-state index contributed by atoms with van der Waals surface area (Å²) in [7, 11) is 1.53. The molecule has 0 aliphatic carbocycles. The number of rotatable bonds is 6. The topological polar surface area (TPSA) is 47.0 Å². The van der Waals surface area contributed by atoms with Gasteiger partial charge in [0.2, 0.25) is 5.88 Å². The Hall–Kier alpha value is -1.72. The molecule has 21 heavy (non-hydrogen) atoms. The Morgan fingerprint density at radius 3 is 2.67 bits per heavy atom. The van der Waals surface area contributed by atoms with Crippen LogP contribution >= 0.6 is 11.6 Å². The summed E-state index contributed by atoms with van der Waals surface area (Å²) in [5, 5.41) is 11.8. The number of methoxy groups -OCH3 is 1. The monoisotopic (exact) mass is 309 g/mol. The summed E-state index contributed by atoms with van der Waals surface area (Å²) in [5.74, 6) is 0.129. The molecule has 1 unspecified atom stereocenters. The Labute approximate surface area is 128 Å². The van der Waals surface area contributed by atoms with Crippen molar-refractivity contribution >= 4 is 11.6 Å². The van der Waals surface area contributed by atoms with Gasteiger partial charge in [0.05, 0.1) is 18.8 Å². The van der Waals surface area contributed by atoms with Crippen molar-refractivity contribution in [1.29, 1.82) is 0 Å². The van der Waals surface area contributed by atoms with Crippen LogP contribution in [0.1, 0.15) is 24.2 Å². The van der Waals surface area contributed by atoms with E-state index in [0.29, 0.717) is 22.9 Å². The lowest BCUT2D eigenvalue weighted by Gasteiger charge is -2.18. The second kappa shape index (κ2) is 7.33. The van der Waals surface area contributed by atoms with Crippen LogP contribution in [0.25, 0.3) is 0 Å². The highest BCUT2D eigenvalue weighted by Crippen LogP contribution is 2.25. The molecule has 1 aromatic heterocycles. The number of benzene rings is 1. The van der Waals surface area contributed by atoms with Gasteiger partial charge in [-0.15, -0.1) is 5.10 Å². The number of likely N-dealkylation sites (N-methyl/N-ethyl adjacent to an activating group) is 1. The number of nitrogens with one attached hydrogen (secondary N) is 1. The first-order chi connectivity index (χ1) is 10.2. The minimum absolute atomic E-state index is 0.164. The second-order valence-corrected chi connectivity index (χ2v) is 4.92. The summed E-state index contributed by atoms with van der Waals surface area (Å²) in [5.41, 5.74) is 1.19. The molecule has 0 bridgehead atoms. The molecule has 1 atom stereocenters. The zero-order chi connectivity index (χ0) is 15.2. The Morgan fingerprint density at radius 1 is 1.29 bits per heavy atom. The lowest BCUT2D eigenvalue weighted by molar-refractivity contribution is 0.389. The van der Waals surface area contributed by atoms with E-state index in [9.17, 15) is 4.39 Å². The Bertz CT molecular complexity index is 572. The number of halogens is 2. The average molecular weight is 310 g/mol. The van der Waals surface area contributed by atoms with Crippen LogP contribution in [0, 0.1) is 5.82 Å². The average Bonchev–Trinajstić information content (AvgIpc) is 2.50. The molecule has 0 amide bonds. The summed E-state index contributed by atoms with van der Waals surface area (Å²) in [6.45, 7) is 2.71. The van der Waals surface area contributed by atoms with Crippen LogP contribution in [0.4, 0.5) is 4.39 Å². The molecule has 2 rings (SSSR count). The highest BCUT2D eigenvalue weighted by molar-refractivity contribution is 6.31. The number of hydrogen-bond acceptors (Lipinski definition) is 4. The molecular formula is C15H17ClFN3O. The number of hydrogen-bond donors (Lipinski definition) is 1. The third-order valence-electron chi connectivity index (χ3n) is 3.15. The maximum Gasteiger partial charge on any atom is 0.233 e. The fraction of sp³-hybridized carbons (Fsp3) is 0.333. The van der Waals surface area contributed by atoms with Crippen LogP contribution in [-0.2, 0) is 6.42 Å². The molecule has 2 aromatic rings. The van der Waals surface area contributed by atoms with E-state index in [-0.39, 0.29) is 11.9 Å². The Balaban J connectivity index is 2.26. The number of aromatic nitrogens is 2. The summed E-state index contributed by atoms with van der Waals surface area (Å²) >= 11 is 6.09. The highest BCUT2D eigenvalue weighted by atomic mass is 35.5. The van der Waals surface area contributed by atoms with Crippen LogP contribution in [-0.4, -0.2) is 23.9 Å². The maximum atomic E-state index is 13.9. The molecule has 0 saturated carbocycles. The van der Waals surface area contributed by atoms with Crippen LogP contribution < -0.4 is 10.1 Å². The van der Waals surface area contributed by atoms with Crippen molar-refractivity contribution in [2.45, 2.75) is 19.4 Å². The summed E-state index contributed by atoms with van der Waals surface area (Å²) < 4.78 is 18.9. The molecule has 112 valence electrons. The van der Waals surface area contributed by atoms with Gasteiger partial charge in [0.25, 0.3) is 0 Å². The van der Waals surface area contributed by atoms with Gasteiger partial charge in [-0.3, -0.25) is 0 Å². The molecular weight excluding hydrogens is 293 g/mol. The van der Waals surface area contributed by atoms with Gasteiger partial charge in [-0.25, -0.2) is 4.39 Å². The lowest BCUT2D eigenvalue weighted by atomic mass is 10.0. The normalized spacial score (nSPS) is 12.2.